The van der Waals surface area contributed by atoms with E-state index >= 15 is 0 Å². The van der Waals surface area contributed by atoms with E-state index in [1.54, 1.807) is 12.1 Å². The van der Waals surface area contributed by atoms with Gasteiger partial charge in [-0.3, -0.25) is 9.59 Å². The first-order chi connectivity index (χ1) is 11.9. The van der Waals surface area contributed by atoms with Crippen molar-refractivity contribution in [3.8, 4) is 5.75 Å². The van der Waals surface area contributed by atoms with E-state index in [4.69, 9.17) is 14.3 Å². The second-order valence-electron chi connectivity index (χ2n) is 5.31. The second kappa shape index (κ2) is 8.05. The summed E-state index contributed by atoms with van der Waals surface area (Å²) < 4.78 is 9.91. The number of rotatable bonds is 3. The first kappa shape index (κ1) is 18.1. The highest BCUT2D eigenvalue weighted by Gasteiger charge is 2.14. The number of carboxylic acids is 1. The minimum absolute atomic E-state index is 0.240. The molecule has 7 heteroatoms. The summed E-state index contributed by atoms with van der Waals surface area (Å²) in [5.74, 6) is -0.359. The number of hydrogen-bond donors (Lipinski definition) is 1. The van der Waals surface area contributed by atoms with Crippen LogP contribution < -0.4 is 10.4 Å². The number of carbonyl (C=O) groups excluding carboxylic acids is 2. The summed E-state index contributed by atoms with van der Waals surface area (Å²) in [7, 11) is 0. The van der Waals surface area contributed by atoms with Crippen LogP contribution in [-0.4, -0.2) is 22.6 Å². The molecule has 1 aliphatic carbocycles. The van der Waals surface area contributed by atoms with Gasteiger partial charge in [0, 0.05) is 31.1 Å². The summed E-state index contributed by atoms with van der Waals surface area (Å²) in [6.07, 6.45) is 3.19. The molecule has 1 aromatic carbocycles. The molecule has 7 nitrogen and oxygen atoms in total. The van der Waals surface area contributed by atoms with E-state index in [9.17, 15) is 19.2 Å². The molecule has 0 radical (unpaired) electrons. The Morgan fingerprint density at radius 3 is 2.20 bits per heavy atom. The van der Waals surface area contributed by atoms with Crippen molar-refractivity contribution in [3.05, 3.63) is 53.1 Å². The molecule has 1 aromatic heterocycles. The summed E-state index contributed by atoms with van der Waals surface area (Å²) in [6.45, 7) is 3.41. The molecule has 1 fully saturated rings. The van der Waals surface area contributed by atoms with E-state index in [2.05, 4.69) is 6.58 Å². The summed E-state index contributed by atoms with van der Waals surface area (Å²) >= 11 is 0. The normalized spacial score (nSPS) is 13.8. The van der Waals surface area contributed by atoms with Crippen LogP contribution in [0.25, 0.3) is 11.0 Å². The maximum Gasteiger partial charge on any atom is 0.351 e. The molecule has 0 bridgehead atoms. The average molecular weight is 344 g/mol. The minimum Gasteiger partial charge on any atom is -0.477 e. The molecule has 25 heavy (non-hydrogen) atoms. The standard InChI is InChI=1S/C12H8O5.C6H8O2/c1-2-16-8-3-4-10-7(5-8)6-9(11(13)14)12(15)17-10;7-5-1-2-6(8)4-3-5/h2-6H,1H2,(H,13,14);1-4H2. The number of fused-ring (bicyclic) bond motifs is 1. The van der Waals surface area contributed by atoms with Gasteiger partial charge >= 0.3 is 11.6 Å². The summed E-state index contributed by atoms with van der Waals surface area (Å²) in [5, 5.41) is 9.26. The van der Waals surface area contributed by atoms with E-state index in [0.29, 0.717) is 42.4 Å². The van der Waals surface area contributed by atoms with E-state index < -0.39 is 17.2 Å². The summed E-state index contributed by atoms with van der Waals surface area (Å²) in [4.78, 5) is 43.0. The smallest absolute Gasteiger partial charge is 0.351 e. The average Bonchev–Trinajstić information content (AvgIpc) is 2.58. The molecular formula is C18H16O7. The van der Waals surface area contributed by atoms with Crippen LogP contribution in [0.4, 0.5) is 0 Å². The third-order valence-corrected chi connectivity index (χ3v) is 3.52. The van der Waals surface area contributed by atoms with Crippen molar-refractivity contribution in [1.82, 2.24) is 0 Å². The predicted molar refractivity (Wildman–Crippen MR) is 88.8 cm³/mol. The molecule has 0 aliphatic heterocycles. The Kier molecular flexibility index (Phi) is 5.84. The van der Waals surface area contributed by atoms with Gasteiger partial charge in [-0.1, -0.05) is 6.58 Å². The summed E-state index contributed by atoms with van der Waals surface area (Å²) in [5.41, 5.74) is -0.980. The monoisotopic (exact) mass is 344 g/mol. The fourth-order valence-corrected chi connectivity index (χ4v) is 2.23. The third-order valence-electron chi connectivity index (χ3n) is 3.52. The Bertz CT molecular complexity index is 864. The fraction of sp³-hybridized carbons (Fsp3) is 0.222. The number of aromatic carboxylic acids is 1. The predicted octanol–water partition coefficient (Wildman–Crippen LogP) is 2.71. The molecule has 0 amide bonds. The maximum absolute atomic E-state index is 11.3. The van der Waals surface area contributed by atoms with Gasteiger partial charge in [-0.05, 0) is 24.3 Å². The van der Waals surface area contributed by atoms with Crippen LogP contribution >= 0.6 is 0 Å². The minimum atomic E-state index is -1.32. The second-order valence-corrected chi connectivity index (χ2v) is 5.31. The molecule has 0 spiro atoms. The van der Waals surface area contributed by atoms with Crippen LogP contribution in [0.1, 0.15) is 36.0 Å². The topological polar surface area (TPSA) is 111 Å². The SMILES string of the molecule is C=COc1ccc2oc(=O)c(C(=O)O)cc2c1.O=C1CCC(=O)CC1. The van der Waals surface area contributed by atoms with Gasteiger partial charge in [-0.15, -0.1) is 0 Å². The van der Waals surface area contributed by atoms with Gasteiger partial charge in [0.1, 0.15) is 28.5 Å². The Morgan fingerprint density at radius 1 is 1.08 bits per heavy atom. The third kappa shape index (κ3) is 4.87. The Balaban J connectivity index is 0.000000236. The lowest BCUT2D eigenvalue weighted by molar-refractivity contribution is -0.128. The molecule has 2 aromatic rings. The van der Waals surface area contributed by atoms with Gasteiger partial charge < -0.3 is 14.3 Å². The van der Waals surface area contributed by atoms with Gasteiger partial charge in [0.15, 0.2) is 0 Å². The van der Waals surface area contributed by atoms with Crippen molar-refractivity contribution in [2.75, 3.05) is 0 Å². The summed E-state index contributed by atoms with van der Waals surface area (Å²) in [6, 6.07) is 5.93. The van der Waals surface area contributed by atoms with Crippen molar-refractivity contribution in [2.24, 2.45) is 0 Å². The molecule has 3 rings (SSSR count). The Morgan fingerprint density at radius 2 is 1.68 bits per heavy atom. The largest absolute Gasteiger partial charge is 0.477 e. The molecule has 1 heterocycles. The van der Waals surface area contributed by atoms with Gasteiger partial charge in [0.25, 0.3) is 0 Å². The highest BCUT2D eigenvalue weighted by molar-refractivity contribution is 5.93. The number of ketones is 2. The number of ether oxygens (including phenoxy) is 1. The number of hydrogen-bond acceptors (Lipinski definition) is 6. The molecule has 130 valence electrons. The van der Waals surface area contributed by atoms with Crippen LogP contribution in [0, 0.1) is 0 Å². The number of carboxylic acid groups (broad SMARTS) is 1. The van der Waals surface area contributed by atoms with Gasteiger partial charge in [0.05, 0.1) is 6.26 Å². The van der Waals surface area contributed by atoms with Gasteiger partial charge in [-0.2, -0.15) is 0 Å². The first-order valence-corrected chi connectivity index (χ1v) is 7.53. The molecule has 0 atom stereocenters. The molecular weight excluding hydrogens is 328 g/mol. The highest BCUT2D eigenvalue weighted by atomic mass is 16.5. The van der Waals surface area contributed by atoms with E-state index in [1.807, 2.05) is 0 Å². The van der Waals surface area contributed by atoms with Crippen LogP contribution in [-0.2, 0) is 9.59 Å². The number of benzene rings is 1. The lowest BCUT2D eigenvalue weighted by Crippen LogP contribution is -2.12. The first-order valence-electron chi connectivity index (χ1n) is 7.53. The van der Waals surface area contributed by atoms with E-state index in [0.717, 1.165) is 0 Å². The molecule has 1 saturated carbocycles. The molecule has 1 N–H and O–H groups in total. The zero-order chi connectivity index (χ0) is 18.4. The molecule has 1 aliphatic rings. The molecule has 0 saturated heterocycles. The number of carbonyl (C=O) groups is 3. The lowest BCUT2D eigenvalue weighted by atomic mass is 9.98. The van der Waals surface area contributed by atoms with Crippen molar-refractivity contribution in [1.29, 1.82) is 0 Å². The van der Waals surface area contributed by atoms with Crippen LogP contribution in [0.15, 0.2) is 46.3 Å². The Labute approximate surface area is 142 Å². The Hall–Kier alpha value is -3.22. The number of Topliss-reactive ketones (excluding diaryl/α,β-unsaturated/α-hetero) is 2. The van der Waals surface area contributed by atoms with Gasteiger partial charge in [0.2, 0.25) is 0 Å². The van der Waals surface area contributed by atoms with Gasteiger partial charge in [-0.25, -0.2) is 9.59 Å². The van der Waals surface area contributed by atoms with Crippen molar-refractivity contribution >= 4 is 28.5 Å². The maximum atomic E-state index is 11.3. The zero-order valence-electron chi connectivity index (χ0n) is 13.3. The highest BCUT2D eigenvalue weighted by Crippen LogP contribution is 2.20. The molecule has 0 unspecified atom stereocenters. The lowest BCUT2D eigenvalue weighted by Gasteiger charge is -2.04. The fourth-order valence-electron chi connectivity index (χ4n) is 2.23. The van der Waals surface area contributed by atoms with E-state index in [1.165, 1.54) is 18.4 Å². The van der Waals surface area contributed by atoms with Crippen molar-refractivity contribution < 1.29 is 28.6 Å². The van der Waals surface area contributed by atoms with Crippen molar-refractivity contribution in [3.63, 3.8) is 0 Å². The van der Waals surface area contributed by atoms with E-state index in [-0.39, 0.29) is 11.6 Å². The quantitative estimate of drug-likeness (QED) is 0.673. The van der Waals surface area contributed by atoms with Crippen LogP contribution in [0.3, 0.4) is 0 Å². The van der Waals surface area contributed by atoms with Crippen LogP contribution in [0.2, 0.25) is 0 Å². The zero-order valence-corrected chi connectivity index (χ0v) is 13.3. The van der Waals surface area contributed by atoms with Crippen LogP contribution in [0.5, 0.6) is 5.75 Å². The van der Waals surface area contributed by atoms with Crippen molar-refractivity contribution in [2.45, 2.75) is 25.7 Å².